The second-order valence-electron chi connectivity index (χ2n) is 5.12. The number of hydrogen-bond acceptors (Lipinski definition) is 4. The first-order chi connectivity index (χ1) is 9.24. The van der Waals surface area contributed by atoms with Crippen LogP contribution in [-0.4, -0.2) is 36.9 Å². The number of nitrogens with zero attached hydrogens (tertiary/aromatic N) is 2. The van der Waals surface area contributed by atoms with Gasteiger partial charge in [-0.2, -0.15) is 5.26 Å². The Morgan fingerprint density at radius 2 is 2.37 bits per heavy atom. The van der Waals surface area contributed by atoms with Gasteiger partial charge in [0.1, 0.15) is 0 Å². The summed E-state index contributed by atoms with van der Waals surface area (Å²) in [5, 5.41) is 21.7. The summed E-state index contributed by atoms with van der Waals surface area (Å²) in [6.45, 7) is 4.20. The molecule has 1 fully saturated rings. The Hall–Kier alpha value is -1.57. The lowest BCUT2D eigenvalue weighted by Gasteiger charge is -2.31. The number of aliphatic hydroxyl groups is 1. The van der Waals surface area contributed by atoms with Crippen molar-refractivity contribution in [2.24, 2.45) is 0 Å². The van der Waals surface area contributed by atoms with Crippen molar-refractivity contribution in [2.75, 3.05) is 24.6 Å². The first-order valence-electron chi connectivity index (χ1n) is 6.85. The number of benzene rings is 1. The van der Waals surface area contributed by atoms with Crippen molar-refractivity contribution >= 4 is 5.69 Å². The summed E-state index contributed by atoms with van der Waals surface area (Å²) in [7, 11) is 0. The molecule has 0 aromatic heterocycles. The van der Waals surface area contributed by atoms with Gasteiger partial charge in [-0.1, -0.05) is 6.07 Å². The number of anilines is 1. The smallest absolute Gasteiger partial charge is 0.0992 e. The molecule has 1 aliphatic rings. The molecule has 0 radical (unpaired) electrons. The molecule has 19 heavy (non-hydrogen) atoms. The summed E-state index contributed by atoms with van der Waals surface area (Å²) < 4.78 is 0. The minimum Gasteiger partial charge on any atom is -0.396 e. The second kappa shape index (κ2) is 6.55. The van der Waals surface area contributed by atoms with Gasteiger partial charge < -0.3 is 15.3 Å². The normalized spacial score (nSPS) is 23.7. The van der Waals surface area contributed by atoms with Gasteiger partial charge in [0.25, 0.3) is 0 Å². The van der Waals surface area contributed by atoms with E-state index in [-0.39, 0.29) is 12.6 Å². The monoisotopic (exact) mass is 259 g/mol. The third kappa shape index (κ3) is 3.46. The molecular formula is C15H21N3O. The Morgan fingerprint density at radius 3 is 3.11 bits per heavy atom. The Bertz CT molecular complexity index is 455. The molecule has 1 saturated heterocycles. The minimum absolute atomic E-state index is 0.190. The SMILES string of the molecule is CC1CCN(c2cccc(C#N)c2)C(CCO)CN1. The van der Waals surface area contributed by atoms with Gasteiger partial charge in [0.15, 0.2) is 0 Å². The van der Waals surface area contributed by atoms with E-state index in [9.17, 15) is 5.11 Å². The predicted octanol–water partition coefficient (Wildman–Crippen LogP) is 1.50. The van der Waals surface area contributed by atoms with E-state index in [2.05, 4.69) is 23.2 Å². The van der Waals surface area contributed by atoms with E-state index in [1.807, 2.05) is 24.3 Å². The molecular weight excluding hydrogens is 238 g/mol. The van der Waals surface area contributed by atoms with E-state index in [0.29, 0.717) is 11.6 Å². The Balaban J connectivity index is 2.24. The van der Waals surface area contributed by atoms with Crippen molar-refractivity contribution in [1.29, 1.82) is 5.26 Å². The van der Waals surface area contributed by atoms with Crippen LogP contribution in [-0.2, 0) is 0 Å². The van der Waals surface area contributed by atoms with Gasteiger partial charge >= 0.3 is 0 Å². The molecule has 1 aromatic carbocycles. The maximum atomic E-state index is 9.23. The van der Waals surface area contributed by atoms with Crippen LogP contribution in [0.5, 0.6) is 0 Å². The quantitative estimate of drug-likeness (QED) is 0.863. The van der Waals surface area contributed by atoms with Gasteiger partial charge in [-0.25, -0.2) is 0 Å². The average molecular weight is 259 g/mol. The Labute approximate surface area is 114 Å². The molecule has 2 N–H and O–H groups in total. The first-order valence-corrected chi connectivity index (χ1v) is 6.85. The Morgan fingerprint density at radius 1 is 1.53 bits per heavy atom. The topological polar surface area (TPSA) is 59.3 Å². The number of nitrogens with one attached hydrogen (secondary N) is 1. The van der Waals surface area contributed by atoms with Crippen molar-refractivity contribution in [2.45, 2.75) is 31.8 Å². The zero-order chi connectivity index (χ0) is 13.7. The fraction of sp³-hybridized carbons (Fsp3) is 0.533. The summed E-state index contributed by atoms with van der Waals surface area (Å²) >= 11 is 0. The highest BCUT2D eigenvalue weighted by molar-refractivity contribution is 5.52. The van der Waals surface area contributed by atoms with Crippen LogP contribution in [0.2, 0.25) is 0 Å². The highest BCUT2D eigenvalue weighted by Gasteiger charge is 2.23. The fourth-order valence-corrected chi connectivity index (χ4v) is 2.57. The van der Waals surface area contributed by atoms with E-state index in [1.54, 1.807) is 0 Å². The number of rotatable bonds is 3. The lowest BCUT2D eigenvalue weighted by molar-refractivity contribution is 0.272. The van der Waals surface area contributed by atoms with Crippen molar-refractivity contribution in [3.8, 4) is 6.07 Å². The summed E-state index contributed by atoms with van der Waals surface area (Å²) in [6, 6.07) is 10.7. The van der Waals surface area contributed by atoms with Crippen LogP contribution < -0.4 is 10.2 Å². The largest absolute Gasteiger partial charge is 0.396 e. The van der Waals surface area contributed by atoms with Crippen LogP contribution >= 0.6 is 0 Å². The van der Waals surface area contributed by atoms with Crippen LogP contribution in [0.4, 0.5) is 5.69 Å². The van der Waals surface area contributed by atoms with Crippen LogP contribution in [0, 0.1) is 11.3 Å². The lowest BCUT2D eigenvalue weighted by Crippen LogP contribution is -2.41. The van der Waals surface area contributed by atoms with Gasteiger partial charge in [-0.15, -0.1) is 0 Å². The number of hydrogen-bond donors (Lipinski definition) is 2. The first kappa shape index (κ1) is 13.9. The van der Waals surface area contributed by atoms with E-state index in [1.165, 1.54) is 0 Å². The van der Waals surface area contributed by atoms with Crippen LogP contribution in [0.1, 0.15) is 25.3 Å². The third-order valence-corrected chi connectivity index (χ3v) is 3.71. The zero-order valence-corrected chi connectivity index (χ0v) is 11.3. The average Bonchev–Trinajstić information content (AvgIpc) is 2.62. The molecule has 0 amide bonds. The van der Waals surface area contributed by atoms with E-state index in [4.69, 9.17) is 5.26 Å². The standard InChI is InChI=1S/C15H21N3O/c1-12-5-7-18(15(6-8-19)11-17-12)14-4-2-3-13(9-14)10-16/h2-4,9,12,15,17,19H,5-8,11H2,1H3. The zero-order valence-electron chi connectivity index (χ0n) is 11.3. The molecule has 102 valence electrons. The predicted molar refractivity (Wildman–Crippen MR) is 76.1 cm³/mol. The molecule has 4 nitrogen and oxygen atoms in total. The highest BCUT2D eigenvalue weighted by Crippen LogP contribution is 2.22. The molecule has 1 aromatic rings. The fourth-order valence-electron chi connectivity index (χ4n) is 2.57. The molecule has 2 unspecified atom stereocenters. The van der Waals surface area contributed by atoms with E-state index < -0.39 is 0 Å². The molecule has 4 heteroatoms. The maximum Gasteiger partial charge on any atom is 0.0992 e. The van der Waals surface area contributed by atoms with E-state index >= 15 is 0 Å². The van der Waals surface area contributed by atoms with E-state index in [0.717, 1.165) is 31.6 Å². The van der Waals surface area contributed by atoms with Crippen LogP contribution in [0.3, 0.4) is 0 Å². The van der Waals surface area contributed by atoms with Crippen molar-refractivity contribution in [3.63, 3.8) is 0 Å². The Kier molecular flexibility index (Phi) is 4.78. The molecule has 0 bridgehead atoms. The van der Waals surface area contributed by atoms with Gasteiger partial charge in [0.05, 0.1) is 11.6 Å². The highest BCUT2D eigenvalue weighted by atomic mass is 16.3. The summed E-state index contributed by atoms with van der Waals surface area (Å²) in [6.07, 6.45) is 1.81. The van der Waals surface area contributed by atoms with Crippen molar-refractivity contribution in [1.82, 2.24) is 5.32 Å². The lowest BCUT2D eigenvalue weighted by atomic mass is 10.1. The third-order valence-electron chi connectivity index (χ3n) is 3.71. The minimum atomic E-state index is 0.190. The molecule has 0 aliphatic carbocycles. The summed E-state index contributed by atoms with van der Waals surface area (Å²) in [5.74, 6) is 0. The number of nitriles is 1. The maximum absolute atomic E-state index is 9.23. The molecule has 2 rings (SSSR count). The van der Waals surface area contributed by atoms with Crippen LogP contribution in [0.15, 0.2) is 24.3 Å². The van der Waals surface area contributed by atoms with Gasteiger partial charge in [-0.05, 0) is 38.0 Å². The van der Waals surface area contributed by atoms with Gasteiger partial charge in [-0.3, -0.25) is 0 Å². The number of aliphatic hydroxyl groups excluding tert-OH is 1. The van der Waals surface area contributed by atoms with Gasteiger partial charge in [0.2, 0.25) is 0 Å². The molecule has 1 aliphatic heterocycles. The van der Waals surface area contributed by atoms with Gasteiger partial charge in [0, 0.05) is 37.5 Å². The van der Waals surface area contributed by atoms with Crippen LogP contribution in [0.25, 0.3) is 0 Å². The second-order valence-corrected chi connectivity index (χ2v) is 5.12. The summed E-state index contributed by atoms with van der Waals surface area (Å²) in [4.78, 5) is 2.31. The van der Waals surface area contributed by atoms with Crippen molar-refractivity contribution < 1.29 is 5.11 Å². The molecule has 0 saturated carbocycles. The van der Waals surface area contributed by atoms with Crippen molar-refractivity contribution in [3.05, 3.63) is 29.8 Å². The molecule has 1 heterocycles. The molecule has 0 spiro atoms. The summed E-state index contributed by atoms with van der Waals surface area (Å²) in [5.41, 5.74) is 1.76. The molecule has 2 atom stereocenters.